The predicted molar refractivity (Wildman–Crippen MR) is 124 cm³/mol. The van der Waals surface area contributed by atoms with Crippen LogP contribution in [0.1, 0.15) is 64.0 Å². The van der Waals surface area contributed by atoms with E-state index in [-0.39, 0.29) is 18.2 Å². The maximum Gasteiger partial charge on any atom is 0.414 e. The van der Waals surface area contributed by atoms with Crippen molar-refractivity contribution < 1.29 is 14.3 Å². The van der Waals surface area contributed by atoms with E-state index in [0.29, 0.717) is 12.1 Å². The minimum absolute atomic E-state index is 0.0991. The number of hydrogen-bond acceptors (Lipinski definition) is 5. The lowest BCUT2D eigenvalue weighted by atomic mass is 9.91. The van der Waals surface area contributed by atoms with E-state index < -0.39 is 0 Å². The van der Waals surface area contributed by atoms with Gasteiger partial charge in [-0.1, -0.05) is 0 Å². The number of nitrogens with one attached hydrogen (secondary N) is 1. The summed E-state index contributed by atoms with van der Waals surface area (Å²) >= 11 is 0. The van der Waals surface area contributed by atoms with Gasteiger partial charge in [0.05, 0.1) is 31.1 Å². The number of anilines is 1. The Labute approximate surface area is 190 Å². The first kappa shape index (κ1) is 21.3. The van der Waals surface area contributed by atoms with Crippen molar-refractivity contribution in [3.8, 4) is 16.9 Å². The van der Waals surface area contributed by atoms with Crippen LogP contribution in [0.4, 0.5) is 10.5 Å². The fraction of sp³-hybridized carbons (Fsp3) is 0.600. The summed E-state index contributed by atoms with van der Waals surface area (Å²) in [6.45, 7) is 5.33. The predicted octanol–water partition coefficient (Wildman–Crippen LogP) is 4.70. The molecule has 5 rings (SSSR count). The minimum atomic E-state index is -0.311. The second-order valence-corrected chi connectivity index (χ2v) is 9.58. The summed E-state index contributed by atoms with van der Waals surface area (Å²) in [5.41, 5.74) is 4.18. The number of amides is 1. The van der Waals surface area contributed by atoms with Crippen LogP contribution in [0.5, 0.6) is 5.75 Å². The number of carbonyl (C=O) groups excluding carboxylic acids is 1. The van der Waals surface area contributed by atoms with Gasteiger partial charge in [-0.2, -0.15) is 5.10 Å². The lowest BCUT2D eigenvalue weighted by Crippen LogP contribution is -2.42. The van der Waals surface area contributed by atoms with E-state index in [9.17, 15) is 4.79 Å². The van der Waals surface area contributed by atoms with Crippen LogP contribution in [0, 0.1) is 0 Å². The highest BCUT2D eigenvalue weighted by Gasteiger charge is 2.33. The van der Waals surface area contributed by atoms with Crippen LogP contribution in [-0.2, 0) is 11.2 Å². The van der Waals surface area contributed by atoms with Gasteiger partial charge in [0.2, 0.25) is 0 Å². The molecule has 3 aliphatic rings. The fourth-order valence-electron chi connectivity index (χ4n) is 5.22. The van der Waals surface area contributed by atoms with E-state index in [0.717, 1.165) is 73.2 Å². The standard InChI is InChI=1S/C25H34N4O3/c1-16-13-19(11-12-26-16)28-15-18(14-27-28)21-9-10-23-22(24(21)32-20-5-4-6-20)8-7-17(2)29(23)25(30)31-3/h9-10,14-17,19-20,26H,4-8,11-13H2,1-3H3/t16?,17-,19?/m0/s1. The highest BCUT2D eigenvalue weighted by atomic mass is 16.5. The zero-order chi connectivity index (χ0) is 22.2. The van der Waals surface area contributed by atoms with E-state index in [4.69, 9.17) is 14.6 Å². The van der Waals surface area contributed by atoms with Crippen LogP contribution in [0.25, 0.3) is 11.1 Å². The van der Waals surface area contributed by atoms with E-state index in [1.54, 1.807) is 4.90 Å². The summed E-state index contributed by atoms with van der Waals surface area (Å²) in [5.74, 6) is 0.922. The molecule has 3 heterocycles. The van der Waals surface area contributed by atoms with E-state index in [1.165, 1.54) is 13.5 Å². The van der Waals surface area contributed by atoms with Crippen molar-refractivity contribution in [2.45, 2.75) is 83.0 Å². The number of nitrogens with zero attached hydrogens (tertiary/aromatic N) is 3. The topological polar surface area (TPSA) is 68.6 Å². The number of hydrogen-bond donors (Lipinski definition) is 1. The zero-order valence-corrected chi connectivity index (χ0v) is 19.3. The van der Waals surface area contributed by atoms with Crippen LogP contribution in [0.15, 0.2) is 24.5 Å². The summed E-state index contributed by atoms with van der Waals surface area (Å²) in [6, 6.07) is 5.17. The maximum absolute atomic E-state index is 12.5. The van der Waals surface area contributed by atoms with Crippen LogP contribution in [0.3, 0.4) is 0 Å². The van der Waals surface area contributed by atoms with Crippen LogP contribution >= 0.6 is 0 Å². The lowest BCUT2D eigenvalue weighted by molar-refractivity contribution is 0.119. The molecule has 7 heteroatoms. The number of carbonyl (C=O) groups is 1. The van der Waals surface area contributed by atoms with Crippen molar-refractivity contribution in [3.63, 3.8) is 0 Å². The van der Waals surface area contributed by atoms with Crippen LogP contribution in [-0.4, -0.2) is 47.7 Å². The molecule has 1 aromatic heterocycles. The van der Waals surface area contributed by atoms with Gasteiger partial charge in [0.15, 0.2) is 0 Å². The molecule has 1 amide bonds. The normalized spacial score (nSPS) is 25.7. The van der Waals surface area contributed by atoms with Crippen molar-refractivity contribution in [2.24, 2.45) is 0 Å². The van der Waals surface area contributed by atoms with Gasteiger partial charge in [0.1, 0.15) is 5.75 Å². The molecule has 1 saturated carbocycles. The molecule has 172 valence electrons. The van der Waals surface area contributed by atoms with E-state index >= 15 is 0 Å². The molecule has 32 heavy (non-hydrogen) atoms. The molecule has 1 aromatic carbocycles. The number of rotatable bonds is 4. The fourth-order valence-corrected chi connectivity index (χ4v) is 5.22. The number of benzene rings is 1. The Morgan fingerprint density at radius 2 is 2.03 bits per heavy atom. The number of piperidine rings is 1. The Hall–Kier alpha value is -2.54. The number of aromatic nitrogens is 2. The smallest absolute Gasteiger partial charge is 0.414 e. The molecule has 1 saturated heterocycles. The summed E-state index contributed by atoms with van der Waals surface area (Å²) in [6.07, 6.45) is 11.4. The van der Waals surface area contributed by atoms with Crippen molar-refractivity contribution in [1.82, 2.24) is 15.1 Å². The average molecular weight is 439 g/mol. The Kier molecular flexibility index (Phi) is 5.84. The molecule has 3 atom stereocenters. The van der Waals surface area contributed by atoms with Gasteiger partial charge in [0.25, 0.3) is 0 Å². The molecule has 7 nitrogen and oxygen atoms in total. The molecule has 1 N–H and O–H groups in total. The summed E-state index contributed by atoms with van der Waals surface area (Å²) in [7, 11) is 1.44. The number of fused-ring (bicyclic) bond motifs is 1. The first-order chi connectivity index (χ1) is 15.5. The molecule has 0 radical (unpaired) electrons. The number of ether oxygens (including phenoxy) is 2. The molecule has 2 unspecified atom stereocenters. The molecule has 2 aromatic rings. The molecule has 0 spiro atoms. The summed E-state index contributed by atoms with van der Waals surface area (Å²) in [5, 5.41) is 8.25. The second-order valence-electron chi connectivity index (χ2n) is 9.58. The van der Waals surface area contributed by atoms with Crippen molar-refractivity contribution >= 4 is 11.8 Å². The number of methoxy groups -OCH3 is 1. The average Bonchev–Trinajstić information content (AvgIpc) is 3.25. The molecular formula is C25H34N4O3. The summed E-state index contributed by atoms with van der Waals surface area (Å²) in [4.78, 5) is 14.3. The maximum atomic E-state index is 12.5. The SMILES string of the molecule is COC(=O)N1c2ccc(-c3cnn(C4CCNC(C)C4)c3)c(OC3CCC3)c2CC[C@@H]1C. The minimum Gasteiger partial charge on any atom is -0.489 e. The van der Waals surface area contributed by atoms with Crippen molar-refractivity contribution in [3.05, 3.63) is 30.1 Å². The van der Waals surface area contributed by atoms with E-state index in [1.807, 2.05) is 6.20 Å². The first-order valence-corrected chi connectivity index (χ1v) is 12.0. The largest absolute Gasteiger partial charge is 0.489 e. The molecule has 2 aliphatic heterocycles. The van der Waals surface area contributed by atoms with Crippen molar-refractivity contribution in [1.29, 1.82) is 0 Å². The monoisotopic (exact) mass is 438 g/mol. The van der Waals surface area contributed by atoms with E-state index in [2.05, 4.69) is 42.2 Å². The molecular weight excluding hydrogens is 404 g/mol. The molecule has 2 fully saturated rings. The van der Waals surface area contributed by atoms with Gasteiger partial charge < -0.3 is 14.8 Å². The Morgan fingerprint density at radius 3 is 2.75 bits per heavy atom. The van der Waals surface area contributed by atoms with Crippen molar-refractivity contribution in [2.75, 3.05) is 18.6 Å². The molecule has 0 bridgehead atoms. The third kappa shape index (κ3) is 3.87. The first-order valence-electron chi connectivity index (χ1n) is 12.0. The highest BCUT2D eigenvalue weighted by Crippen LogP contribution is 2.45. The third-order valence-corrected chi connectivity index (χ3v) is 7.34. The van der Waals surface area contributed by atoms with Crippen LogP contribution in [0.2, 0.25) is 0 Å². The molecule has 1 aliphatic carbocycles. The van der Waals surface area contributed by atoms with Gasteiger partial charge in [-0.15, -0.1) is 0 Å². The van der Waals surface area contributed by atoms with Gasteiger partial charge in [-0.3, -0.25) is 9.58 Å². The zero-order valence-electron chi connectivity index (χ0n) is 19.3. The van der Waals surface area contributed by atoms with Gasteiger partial charge >= 0.3 is 6.09 Å². The van der Waals surface area contributed by atoms with Gasteiger partial charge in [0, 0.05) is 35.0 Å². The Morgan fingerprint density at radius 1 is 1.19 bits per heavy atom. The Balaban J connectivity index is 1.53. The quantitative estimate of drug-likeness (QED) is 0.749. The lowest BCUT2D eigenvalue weighted by Gasteiger charge is -2.37. The second kappa shape index (κ2) is 8.77. The van der Waals surface area contributed by atoms with Crippen LogP contribution < -0.4 is 15.0 Å². The van der Waals surface area contributed by atoms with Gasteiger partial charge in [-0.25, -0.2) is 4.79 Å². The summed E-state index contributed by atoms with van der Waals surface area (Å²) < 4.78 is 13.8. The van der Waals surface area contributed by atoms with Gasteiger partial charge in [-0.05, 0) is 77.5 Å². The highest BCUT2D eigenvalue weighted by molar-refractivity contribution is 5.92. The third-order valence-electron chi connectivity index (χ3n) is 7.34. The Bertz CT molecular complexity index is 984.